The molecule has 2 aromatic rings. The first kappa shape index (κ1) is 16.2. The number of carbonyl (C=O) groups excluding carboxylic acids is 2. The van der Waals surface area contributed by atoms with Gasteiger partial charge >= 0.3 is 0 Å². The molecule has 0 spiro atoms. The number of carbonyl (C=O) groups is 2. The van der Waals surface area contributed by atoms with Crippen molar-refractivity contribution in [1.82, 2.24) is 15.1 Å². The molecular weight excluding hydrogens is 304 g/mol. The molecule has 3 rings (SSSR count). The molecule has 0 radical (unpaired) electrons. The smallest absolute Gasteiger partial charge is 0.245 e. The van der Waals surface area contributed by atoms with E-state index in [0.29, 0.717) is 0 Å². The Balaban J connectivity index is 1.57. The minimum Gasteiger partial charge on any atom is -0.348 e. The number of hydrogen-bond acceptors (Lipinski definition) is 3. The number of amides is 2. The van der Waals surface area contributed by atoms with Crippen LogP contribution in [0.25, 0.3) is 0 Å². The Labute approximate surface area is 141 Å². The summed E-state index contributed by atoms with van der Waals surface area (Å²) in [5.74, 6) is 0.195. The molecule has 0 saturated heterocycles. The van der Waals surface area contributed by atoms with Crippen molar-refractivity contribution in [3.05, 3.63) is 48.3 Å². The lowest BCUT2D eigenvalue weighted by atomic mass is 10.1. The number of hydrogen-bond donors (Lipinski definition) is 2. The topological polar surface area (TPSA) is 76.0 Å². The summed E-state index contributed by atoms with van der Waals surface area (Å²) >= 11 is 0. The molecule has 24 heavy (non-hydrogen) atoms. The Morgan fingerprint density at radius 3 is 2.50 bits per heavy atom. The fourth-order valence-electron chi connectivity index (χ4n) is 2.49. The average molecular weight is 326 g/mol. The van der Waals surface area contributed by atoms with E-state index < -0.39 is 0 Å². The fourth-order valence-corrected chi connectivity index (χ4v) is 2.49. The lowest BCUT2D eigenvalue weighted by Gasteiger charge is -2.18. The highest BCUT2D eigenvalue weighted by Gasteiger charge is 2.29. The Bertz CT molecular complexity index is 705. The van der Waals surface area contributed by atoms with Crippen molar-refractivity contribution in [2.45, 2.75) is 38.8 Å². The molecule has 1 fully saturated rings. The maximum Gasteiger partial charge on any atom is 0.245 e. The van der Waals surface area contributed by atoms with Crippen molar-refractivity contribution in [3.8, 4) is 0 Å². The van der Waals surface area contributed by atoms with Gasteiger partial charge in [0.2, 0.25) is 11.8 Å². The number of anilines is 1. The van der Waals surface area contributed by atoms with Crippen LogP contribution >= 0.6 is 0 Å². The van der Waals surface area contributed by atoms with Crippen molar-refractivity contribution < 1.29 is 9.59 Å². The van der Waals surface area contributed by atoms with Crippen LogP contribution in [0.1, 0.15) is 44.3 Å². The zero-order valence-corrected chi connectivity index (χ0v) is 13.9. The zero-order valence-electron chi connectivity index (χ0n) is 13.9. The maximum atomic E-state index is 12.3. The Kier molecular flexibility index (Phi) is 4.64. The first-order valence-electron chi connectivity index (χ1n) is 8.25. The third-order valence-electron chi connectivity index (χ3n) is 4.29. The standard InChI is InChI=1S/C18H22N4O2/c1-12(20-17(23)13(2)22-11-3-10-19-22)14-6-8-16(9-7-14)21-18(24)15-4-5-15/h3,6-13,15H,4-5H2,1-2H3,(H,20,23)(H,21,24). The van der Waals surface area contributed by atoms with Crippen LogP contribution in [0.5, 0.6) is 0 Å². The summed E-state index contributed by atoms with van der Waals surface area (Å²) in [6.07, 6.45) is 5.40. The summed E-state index contributed by atoms with van der Waals surface area (Å²) in [6.45, 7) is 3.75. The first-order valence-corrected chi connectivity index (χ1v) is 8.25. The van der Waals surface area contributed by atoms with Gasteiger partial charge in [0, 0.05) is 24.0 Å². The predicted octanol–water partition coefficient (Wildman–Crippen LogP) is 2.67. The van der Waals surface area contributed by atoms with Gasteiger partial charge in [0.05, 0.1) is 6.04 Å². The van der Waals surface area contributed by atoms with E-state index in [1.165, 1.54) is 0 Å². The van der Waals surface area contributed by atoms with Crippen LogP contribution in [0.3, 0.4) is 0 Å². The van der Waals surface area contributed by atoms with Crippen molar-refractivity contribution in [3.63, 3.8) is 0 Å². The van der Waals surface area contributed by atoms with Gasteiger partial charge < -0.3 is 10.6 Å². The molecule has 6 heteroatoms. The molecule has 1 aromatic carbocycles. The minimum absolute atomic E-state index is 0.0858. The van der Waals surface area contributed by atoms with E-state index in [1.54, 1.807) is 23.1 Å². The molecule has 2 atom stereocenters. The molecule has 6 nitrogen and oxygen atoms in total. The van der Waals surface area contributed by atoms with E-state index in [9.17, 15) is 9.59 Å². The van der Waals surface area contributed by atoms with Crippen LogP contribution in [-0.4, -0.2) is 21.6 Å². The Morgan fingerprint density at radius 1 is 1.21 bits per heavy atom. The second kappa shape index (κ2) is 6.86. The van der Waals surface area contributed by atoms with Crippen LogP contribution in [0.2, 0.25) is 0 Å². The van der Waals surface area contributed by atoms with Gasteiger partial charge in [-0.3, -0.25) is 14.3 Å². The zero-order chi connectivity index (χ0) is 17.1. The predicted molar refractivity (Wildman–Crippen MR) is 91.3 cm³/mol. The van der Waals surface area contributed by atoms with Gasteiger partial charge in [-0.1, -0.05) is 12.1 Å². The lowest BCUT2D eigenvalue weighted by Crippen LogP contribution is -2.33. The van der Waals surface area contributed by atoms with Gasteiger partial charge in [0.15, 0.2) is 0 Å². The number of rotatable bonds is 6. The Hall–Kier alpha value is -2.63. The number of nitrogens with one attached hydrogen (secondary N) is 2. The van der Waals surface area contributed by atoms with Gasteiger partial charge in [-0.2, -0.15) is 5.10 Å². The SMILES string of the molecule is CC(NC(=O)C(C)n1cccn1)c1ccc(NC(=O)C2CC2)cc1. The number of nitrogens with zero attached hydrogens (tertiary/aromatic N) is 2. The van der Waals surface area contributed by atoms with E-state index >= 15 is 0 Å². The molecular formula is C18H22N4O2. The third kappa shape index (κ3) is 3.82. The highest BCUT2D eigenvalue weighted by atomic mass is 16.2. The third-order valence-corrected chi connectivity index (χ3v) is 4.29. The van der Waals surface area contributed by atoms with E-state index in [-0.39, 0.29) is 29.8 Å². The van der Waals surface area contributed by atoms with E-state index in [0.717, 1.165) is 24.1 Å². The molecule has 1 heterocycles. The molecule has 2 amide bonds. The van der Waals surface area contributed by atoms with Crippen LogP contribution in [-0.2, 0) is 9.59 Å². The maximum absolute atomic E-state index is 12.3. The highest BCUT2D eigenvalue weighted by molar-refractivity contribution is 5.94. The van der Waals surface area contributed by atoms with Crippen molar-refractivity contribution in [1.29, 1.82) is 0 Å². The van der Waals surface area contributed by atoms with Crippen molar-refractivity contribution in [2.24, 2.45) is 5.92 Å². The molecule has 126 valence electrons. The van der Waals surface area contributed by atoms with Crippen LogP contribution in [0.4, 0.5) is 5.69 Å². The second-order valence-corrected chi connectivity index (χ2v) is 6.28. The first-order chi connectivity index (χ1) is 11.5. The number of aromatic nitrogens is 2. The molecule has 1 aliphatic rings. The molecule has 2 N–H and O–H groups in total. The molecule has 0 bridgehead atoms. The molecule has 0 aliphatic heterocycles. The summed E-state index contributed by atoms with van der Waals surface area (Å²) in [4.78, 5) is 24.0. The minimum atomic E-state index is -0.362. The summed E-state index contributed by atoms with van der Waals surface area (Å²) in [5.41, 5.74) is 1.78. The summed E-state index contributed by atoms with van der Waals surface area (Å²) in [5, 5.41) is 9.99. The van der Waals surface area contributed by atoms with Gasteiger partial charge in [0.25, 0.3) is 0 Å². The van der Waals surface area contributed by atoms with Crippen molar-refractivity contribution >= 4 is 17.5 Å². The van der Waals surface area contributed by atoms with Gasteiger partial charge in [0.1, 0.15) is 6.04 Å². The van der Waals surface area contributed by atoms with E-state index in [2.05, 4.69) is 15.7 Å². The van der Waals surface area contributed by atoms with Gasteiger partial charge in [-0.05, 0) is 50.5 Å². The monoisotopic (exact) mass is 326 g/mol. The molecule has 1 aliphatic carbocycles. The molecule has 1 aromatic heterocycles. The second-order valence-electron chi connectivity index (χ2n) is 6.28. The van der Waals surface area contributed by atoms with Crippen LogP contribution in [0.15, 0.2) is 42.7 Å². The molecule has 2 unspecified atom stereocenters. The van der Waals surface area contributed by atoms with Crippen LogP contribution < -0.4 is 10.6 Å². The van der Waals surface area contributed by atoms with Gasteiger partial charge in [-0.15, -0.1) is 0 Å². The van der Waals surface area contributed by atoms with Crippen molar-refractivity contribution in [2.75, 3.05) is 5.32 Å². The highest BCUT2D eigenvalue weighted by Crippen LogP contribution is 2.30. The van der Waals surface area contributed by atoms with E-state index in [4.69, 9.17) is 0 Å². The summed E-state index contributed by atoms with van der Waals surface area (Å²) in [6, 6.07) is 8.90. The Morgan fingerprint density at radius 2 is 1.92 bits per heavy atom. The average Bonchev–Trinajstić information content (AvgIpc) is 3.29. The van der Waals surface area contributed by atoms with Crippen LogP contribution in [0, 0.1) is 5.92 Å². The normalized spacial score (nSPS) is 16.2. The fraction of sp³-hybridized carbons (Fsp3) is 0.389. The largest absolute Gasteiger partial charge is 0.348 e. The lowest BCUT2D eigenvalue weighted by molar-refractivity contribution is -0.124. The summed E-state index contributed by atoms with van der Waals surface area (Å²) < 4.78 is 1.62. The number of benzene rings is 1. The molecule has 1 saturated carbocycles. The van der Waals surface area contributed by atoms with Gasteiger partial charge in [-0.25, -0.2) is 0 Å². The quantitative estimate of drug-likeness (QED) is 0.857. The summed E-state index contributed by atoms with van der Waals surface area (Å²) in [7, 11) is 0. The van der Waals surface area contributed by atoms with E-state index in [1.807, 2.05) is 38.1 Å².